The number of aromatic nitrogens is 1. The molecular weight excluding hydrogens is 570 g/mol. The Balaban J connectivity index is 1.12. The molecule has 8 rings (SSSR count). The Bertz CT molecular complexity index is 1690. The fourth-order valence-corrected chi connectivity index (χ4v) is 9.15. The maximum Gasteiger partial charge on any atom is 0.281 e. The quantitative estimate of drug-likeness (QED) is 0.347. The van der Waals surface area contributed by atoms with Gasteiger partial charge in [0, 0.05) is 48.3 Å². The second-order valence-corrected chi connectivity index (χ2v) is 14.2. The highest BCUT2D eigenvalue weighted by atomic mass is 16.7. The van der Waals surface area contributed by atoms with Gasteiger partial charge >= 0.3 is 0 Å². The number of piperazine rings is 1. The topological polar surface area (TPSA) is 119 Å². The van der Waals surface area contributed by atoms with E-state index in [0.29, 0.717) is 38.4 Å². The predicted octanol–water partition coefficient (Wildman–Crippen LogP) is 1.30. The number of hydrogen-bond donors (Lipinski definition) is 4. The highest BCUT2D eigenvalue weighted by Gasteiger charge is 2.72. The average Bonchev–Trinajstić information content (AvgIpc) is 3.74. The second kappa shape index (κ2) is 10.1. The van der Waals surface area contributed by atoms with E-state index in [1.807, 2.05) is 44.2 Å². The van der Waals surface area contributed by atoms with Crippen LogP contribution >= 0.6 is 0 Å². The van der Waals surface area contributed by atoms with Crippen molar-refractivity contribution in [3.8, 4) is 0 Å². The molecule has 0 spiro atoms. The SMILES string of the molecule is CC(C)[C@]1(NC(=O)[C@@H]2C[C@@H]3c4cccc5[nH]cc(c45)C[C@@H]3[NH+](C)C2)O[C@@]2(O)[C@H]3CCCN3C(=O)[C@H](Cc3ccccc3)N2C1=O. The molecule has 3 amide bonds. The van der Waals surface area contributed by atoms with Gasteiger partial charge in [-0.1, -0.05) is 56.3 Å². The van der Waals surface area contributed by atoms with Crippen LogP contribution in [0.25, 0.3) is 10.9 Å². The van der Waals surface area contributed by atoms with Gasteiger partial charge < -0.3 is 25.2 Å². The van der Waals surface area contributed by atoms with Gasteiger partial charge in [0.25, 0.3) is 11.8 Å². The lowest BCUT2D eigenvalue weighted by molar-refractivity contribution is -0.915. The third-order valence-electron chi connectivity index (χ3n) is 11.4. The maximum atomic E-state index is 14.6. The molecular formula is C35H42N5O5+. The van der Waals surface area contributed by atoms with E-state index in [0.717, 1.165) is 17.5 Å². The Morgan fingerprint density at radius 3 is 2.76 bits per heavy atom. The van der Waals surface area contributed by atoms with Gasteiger partial charge in [0.1, 0.15) is 12.1 Å². The number of rotatable bonds is 5. The maximum absolute atomic E-state index is 14.6. The lowest BCUT2D eigenvalue weighted by atomic mass is 9.72. The predicted molar refractivity (Wildman–Crippen MR) is 166 cm³/mol. The molecule has 5 aliphatic rings. The van der Waals surface area contributed by atoms with E-state index >= 15 is 0 Å². The summed E-state index contributed by atoms with van der Waals surface area (Å²) in [5, 5.41) is 16.6. The van der Waals surface area contributed by atoms with Crippen molar-refractivity contribution in [2.75, 3.05) is 20.1 Å². The van der Waals surface area contributed by atoms with Gasteiger partial charge in [-0.15, -0.1) is 0 Å². The molecule has 1 unspecified atom stereocenters. The zero-order chi connectivity index (χ0) is 31.2. The van der Waals surface area contributed by atoms with E-state index in [1.165, 1.54) is 26.3 Å². The van der Waals surface area contributed by atoms with E-state index in [2.05, 4.69) is 41.7 Å². The molecule has 4 N–H and O–H groups in total. The Kier molecular flexibility index (Phi) is 6.47. The smallest absolute Gasteiger partial charge is 0.281 e. The molecule has 3 aromatic rings. The Morgan fingerprint density at radius 2 is 1.98 bits per heavy atom. The fourth-order valence-electron chi connectivity index (χ4n) is 9.15. The number of H-pyrrole nitrogens is 1. The molecule has 0 saturated carbocycles. The van der Waals surface area contributed by atoms with Crippen LogP contribution in [0.5, 0.6) is 0 Å². The average molecular weight is 613 g/mol. The lowest BCUT2D eigenvalue weighted by Crippen LogP contribution is -3.16. The minimum absolute atomic E-state index is 0.187. The number of piperidine rings is 1. The van der Waals surface area contributed by atoms with Gasteiger partial charge in [-0.25, -0.2) is 0 Å². The summed E-state index contributed by atoms with van der Waals surface area (Å²) >= 11 is 0. The molecule has 236 valence electrons. The highest BCUT2D eigenvalue weighted by Crippen LogP contribution is 2.48. The highest BCUT2D eigenvalue weighted by molar-refractivity contribution is 5.98. The number of ether oxygens (including phenoxy) is 1. The van der Waals surface area contributed by atoms with Crippen molar-refractivity contribution >= 4 is 28.6 Å². The number of nitrogens with one attached hydrogen (secondary N) is 3. The summed E-state index contributed by atoms with van der Waals surface area (Å²) in [4.78, 5) is 50.5. The first-order valence-corrected chi connectivity index (χ1v) is 16.5. The van der Waals surface area contributed by atoms with E-state index in [9.17, 15) is 19.5 Å². The van der Waals surface area contributed by atoms with Crippen LogP contribution in [0.1, 0.15) is 55.7 Å². The molecule has 10 nitrogen and oxygen atoms in total. The molecule has 5 heterocycles. The number of carbonyl (C=O) groups is 3. The van der Waals surface area contributed by atoms with Crippen LogP contribution < -0.4 is 10.2 Å². The normalized spacial score (nSPS) is 35.5. The largest absolute Gasteiger partial charge is 0.361 e. The van der Waals surface area contributed by atoms with Crippen molar-refractivity contribution in [3.63, 3.8) is 0 Å². The van der Waals surface area contributed by atoms with E-state index in [4.69, 9.17) is 4.74 Å². The van der Waals surface area contributed by atoms with Crippen molar-refractivity contribution < 1.29 is 29.1 Å². The number of aliphatic hydroxyl groups is 1. The Labute approximate surface area is 262 Å². The summed E-state index contributed by atoms with van der Waals surface area (Å²) in [6.07, 6.45) is 5.20. The Morgan fingerprint density at radius 1 is 1.18 bits per heavy atom. The Hall–Kier alpha value is -3.73. The summed E-state index contributed by atoms with van der Waals surface area (Å²) in [6, 6.07) is 14.6. The number of aromatic amines is 1. The van der Waals surface area contributed by atoms with Gasteiger partial charge in [-0.05, 0) is 42.0 Å². The zero-order valence-corrected chi connectivity index (χ0v) is 26.1. The molecule has 10 heteroatoms. The molecule has 4 aliphatic heterocycles. The molecule has 2 aromatic carbocycles. The fraction of sp³-hybridized carbons (Fsp3) is 0.514. The van der Waals surface area contributed by atoms with E-state index < -0.39 is 35.5 Å². The number of hydrogen-bond acceptors (Lipinski definition) is 5. The number of carbonyl (C=O) groups excluding carboxylic acids is 3. The number of nitrogens with zero attached hydrogens (tertiary/aromatic N) is 2. The number of amides is 3. The van der Waals surface area contributed by atoms with Gasteiger partial charge in [-0.3, -0.25) is 24.0 Å². The molecule has 4 saturated heterocycles. The lowest BCUT2D eigenvalue weighted by Gasteiger charge is -2.48. The number of likely N-dealkylation sites (tertiary alicyclic amines) is 1. The number of benzene rings is 2. The van der Waals surface area contributed by atoms with E-state index in [-0.39, 0.29) is 30.1 Å². The van der Waals surface area contributed by atoms with Gasteiger partial charge in [-0.2, -0.15) is 0 Å². The minimum Gasteiger partial charge on any atom is -0.361 e. The van der Waals surface area contributed by atoms with Crippen LogP contribution in [0.15, 0.2) is 54.7 Å². The van der Waals surface area contributed by atoms with Crippen LogP contribution in [0.4, 0.5) is 0 Å². The van der Waals surface area contributed by atoms with Gasteiger partial charge in [0.2, 0.25) is 17.5 Å². The van der Waals surface area contributed by atoms with Crippen LogP contribution in [-0.2, 0) is 32.0 Å². The molecule has 8 atom stereocenters. The van der Waals surface area contributed by atoms with Crippen LogP contribution in [0.2, 0.25) is 0 Å². The summed E-state index contributed by atoms with van der Waals surface area (Å²) < 4.78 is 6.52. The second-order valence-electron chi connectivity index (χ2n) is 14.2. The minimum atomic E-state index is -2.04. The number of quaternary nitrogens is 1. The van der Waals surface area contributed by atoms with Crippen LogP contribution in [0.3, 0.4) is 0 Å². The van der Waals surface area contributed by atoms with Crippen molar-refractivity contribution in [2.45, 2.75) is 81.6 Å². The van der Waals surface area contributed by atoms with Gasteiger partial charge in [0.05, 0.1) is 25.6 Å². The standard InChI is InChI=1S/C35H41N5O5/c1-20(2)34(37-31(41)23-16-25-24-11-7-12-26-30(24)22(18-36-26)17-27(25)38(3)19-23)33(43)40-28(15-21-9-5-4-6-10-21)32(42)39-14-8-13-29(39)35(40,44)45-34/h4-7,9-12,18,20,23,25,27-29,36,44H,8,13-17,19H2,1-3H3,(H,37,41)/p+1/t23-,25-,27+,28+,29-,34+,35+/m1/s1. The first kappa shape index (κ1) is 28.7. The third-order valence-corrected chi connectivity index (χ3v) is 11.4. The van der Waals surface area contributed by atoms with E-state index in [1.54, 1.807) is 4.90 Å². The number of fused-ring (bicyclic) bond motifs is 5. The van der Waals surface area contributed by atoms with Crippen molar-refractivity contribution in [1.82, 2.24) is 20.1 Å². The number of likely N-dealkylation sites (N-methyl/N-ethyl adjacent to an activating group) is 1. The summed E-state index contributed by atoms with van der Waals surface area (Å²) in [5.41, 5.74) is 2.81. The molecule has 45 heavy (non-hydrogen) atoms. The summed E-state index contributed by atoms with van der Waals surface area (Å²) in [7, 11) is 2.15. The first-order valence-electron chi connectivity index (χ1n) is 16.5. The van der Waals surface area contributed by atoms with Crippen molar-refractivity contribution in [2.24, 2.45) is 11.8 Å². The monoisotopic (exact) mass is 612 g/mol. The molecule has 0 radical (unpaired) electrons. The molecule has 1 aliphatic carbocycles. The van der Waals surface area contributed by atoms with Crippen molar-refractivity contribution in [3.05, 3.63) is 71.4 Å². The zero-order valence-electron chi connectivity index (χ0n) is 26.1. The summed E-state index contributed by atoms with van der Waals surface area (Å²) in [6.45, 7) is 4.78. The summed E-state index contributed by atoms with van der Waals surface area (Å²) in [5.74, 6) is -3.69. The van der Waals surface area contributed by atoms with Gasteiger partial charge in [0.15, 0.2) is 0 Å². The molecule has 1 aromatic heterocycles. The third kappa shape index (κ3) is 4.08. The van der Waals surface area contributed by atoms with Crippen LogP contribution in [-0.4, -0.2) is 87.5 Å². The first-order chi connectivity index (χ1) is 21.6. The van der Waals surface area contributed by atoms with Crippen molar-refractivity contribution in [1.29, 1.82) is 0 Å². The molecule has 0 bridgehead atoms. The van der Waals surface area contributed by atoms with Crippen LogP contribution in [0, 0.1) is 11.8 Å². The molecule has 4 fully saturated rings.